The molecule has 1 aromatic heterocycles. The van der Waals surface area contributed by atoms with Crippen LogP contribution in [0, 0.1) is 6.92 Å². The van der Waals surface area contributed by atoms with Gasteiger partial charge in [0.25, 0.3) is 0 Å². The van der Waals surface area contributed by atoms with Crippen molar-refractivity contribution in [2.75, 3.05) is 5.73 Å². The number of ether oxygens (including phenoxy) is 1. The minimum absolute atomic E-state index is 0.224. The van der Waals surface area contributed by atoms with Gasteiger partial charge in [0.05, 0.1) is 11.8 Å². The van der Waals surface area contributed by atoms with E-state index in [4.69, 9.17) is 10.5 Å². The predicted molar refractivity (Wildman–Crippen MR) is 72.6 cm³/mol. The van der Waals surface area contributed by atoms with Crippen molar-refractivity contribution in [2.45, 2.75) is 27.0 Å². The first-order chi connectivity index (χ1) is 9.10. The van der Waals surface area contributed by atoms with Gasteiger partial charge in [0.15, 0.2) is 0 Å². The van der Waals surface area contributed by atoms with Crippen LogP contribution in [-0.2, 0) is 17.9 Å². The number of esters is 1. The highest BCUT2D eigenvalue weighted by atomic mass is 16.5. The van der Waals surface area contributed by atoms with Crippen LogP contribution in [-0.4, -0.2) is 15.7 Å². The zero-order chi connectivity index (χ0) is 13.8. The Morgan fingerprint density at radius 3 is 2.89 bits per heavy atom. The summed E-state index contributed by atoms with van der Waals surface area (Å²) >= 11 is 0. The number of rotatable bonds is 4. The molecule has 0 spiro atoms. The van der Waals surface area contributed by atoms with E-state index in [1.165, 1.54) is 0 Å². The lowest BCUT2D eigenvalue weighted by atomic mass is 10.1. The minimum Gasteiger partial charge on any atom is -0.457 e. The second-order valence-corrected chi connectivity index (χ2v) is 4.35. The first kappa shape index (κ1) is 13.1. The van der Waals surface area contributed by atoms with E-state index >= 15 is 0 Å². The van der Waals surface area contributed by atoms with Gasteiger partial charge in [0.1, 0.15) is 6.61 Å². The Kier molecular flexibility index (Phi) is 3.85. The number of nitrogen functional groups attached to an aromatic ring is 1. The molecule has 2 aromatic rings. The van der Waals surface area contributed by atoms with Crippen molar-refractivity contribution in [2.24, 2.45) is 0 Å². The summed E-state index contributed by atoms with van der Waals surface area (Å²) in [7, 11) is 0. The fourth-order valence-electron chi connectivity index (χ4n) is 1.69. The molecule has 1 heterocycles. The van der Waals surface area contributed by atoms with E-state index in [1.807, 2.05) is 20.0 Å². The number of hydrogen-bond donors (Lipinski definition) is 1. The monoisotopic (exact) mass is 259 g/mol. The zero-order valence-corrected chi connectivity index (χ0v) is 11.1. The molecule has 0 aliphatic heterocycles. The van der Waals surface area contributed by atoms with Crippen molar-refractivity contribution >= 4 is 11.7 Å². The van der Waals surface area contributed by atoms with E-state index in [2.05, 4.69) is 5.10 Å². The molecule has 1 aromatic carbocycles. The lowest BCUT2D eigenvalue weighted by molar-refractivity contribution is 0.0472. The smallest absolute Gasteiger partial charge is 0.338 e. The van der Waals surface area contributed by atoms with Crippen LogP contribution in [0.15, 0.2) is 30.6 Å². The van der Waals surface area contributed by atoms with E-state index < -0.39 is 0 Å². The first-order valence-corrected chi connectivity index (χ1v) is 6.14. The van der Waals surface area contributed by atoms with E-state index in [9.17, 15) is 4.79 Å². The standard InChI is InChI=1S/C14H17N3O2/c1-3-17-8-11(7-16-17)9-19-14(18)12-4-5-13(15)10(2)6-12/h4-8H,3,9,15H2,1-2H3. The number of carbonyl (C=O) groups excluding carboxylic acids is 1. The molecule has 0 aliphatic rings. The maximum absolute atomic E-state index is 11.9. The molecule has 0 amide bonds. The van der Waals surface area contributed by atoms with Gasteiger partial charge in [-0.3, -0.25) is 4.68 Å². The maximum Gasteiger partial charge on any atom is 0.338 e. The Bertz CT molecular complexity index is 590. The topological polar surface area (TPSA) is 70.1 Å². The molecule has 0 bridgehead atoms. The van der Waals surface area contributed by atoms with Crippen LogP contribution in [0.2, 0.25) is 0 Å². The van der Waals surface area contributed by atoms with Crippen molar-refractivity contribution in [1.29, 1.82) is 0 Å². The molecule has 0 aliphatic carbocycles. The van der Waals surface area contributed by atoms with Crippen LogP contribution in [0.4, 0.5) is 5.69 Å². The summed E-state index contributed by atoms with van der Waals surface area (Å²) in [6.45, 7) is 4.88. The van der Waals surface area contributed by atoms with E-state index in [0.717, 1.165) is 17.7 Å². The van der Waals surface area contributed by atoms with Crippen LogP contribution in [0.1, 0.15) is 28.4 Å². The molecule has 0 radical (unpaired) electrons. The number of hydrogen-bond acceptors (Lipinski definition) is 4. The van der Waals surface area contributed by atoms with Gasteiger partial charge in [-0.25, -0.2) is 4.79 Å². The molecule has 5 nitrogen and oxygen atoms in total. The molecule has 0 saturated heterocycles. The molecule has 0 saturated carbocycles. The fraction of sp³-hybridized carbons (Fsp3) is 0.286. The molecule has 0 unspecified atom stereocenters. The molecule has 2 rings (SSSR count). The second-order valence-electron chi connectivity index (χ2n) is 4.35. The average Bonchev–Trinajstić information content (AvgIpc) is 2.87. The lowest BCUT2D eigenvalue weighted by Gasteiger charge is -2.05. The fourth-order valence-corrected chi connectivity index (χ4v) is 1.69. The van der Waals surface area contributed by atoms with Crippen LogP contribution in [0.5, 0.6) is 0 Å². The summed E-state index contributed by atoms with van der Waals surface area (Å²) in [4.78, 5) is 11.9. The highest BCUT2D eigenvalue weighted by Gasteiger charge is 2.09. The van der Waals surface area contributed by atoms with Crippen molar-refractivity contribution in [3.05, 3.63) is 47.3 Å². The highest BCUT2D eigenvalue weighted by molar-refractivity contribution is 5.90. The first-order valence-electron chi connectivity index (χ1n) is 6.14. The van der Waals surface area contributed by atoms with Gasteiger partial charge >= 0.3 is 5.97 Å². The van der Waals surface area contributed by atoms with E-state index in [1.54, 1.807) is 29.1 Å². The van der Waals surface area contributed by atoms with Gasteiger partial charge in [0.2, 0.25) is 0 Å². The molecular formula is C14H17N3O2. The number of aromatic nitrogens is 2. The molecule has 100 valence electrons. The van der Waals surface area contributed by atoms with Crippen LogP contribution < -0.4 is 5.73 Å². The van der Waals surface area contributed by atoms with Gasteiger partial charge in [-0.2, -0.15) is 5.10 Å². The number of aryl methyl sites for hydroxylation is 2. The molecular weight excluding hydrogens is 242 g/mol. The summed E-state index contributed by atoms with van der Waals surface area (Å²) in [6.07, 6.45) is 3.56. The zero-order valence-electron chi connectivity index (χ0n) is 11.1. The second kappa shape index (κ2) is 5.56. The van der Waals surface area contributed by atoms with Crippen molar-refractivity contribution in [3.63, 3.8) is 0 Å². The summed E-state index contributed by atoms with van der Waals surface area (Å²) in [6, 6.07) is 5.11. The van der Waals surface area contributed by atoms with Crippen molar-refractivity contribution < 1.29 is 9.53 Å². The molecule has 2 N–H and O–H groups in total. The largest absolute Gasteiger partial charge is 0.457 e. The SMILES string of the molecule is CCn1cc(COC(=O)c2ccc(N)c(C)c2)cn1. The van der Waals surface area contributed by atoms with Gasteiger partial charge < -0.3 is 10.5 Å². The van der Waals surface area contributed by atoms with Gasteiger partial charge in [-0.1, -0.05) is 0 Å². The molecule has 0 fully saturated rings. The average molecular weight is 259 g/mol. The van der Waals surface area contributed by atoms with Gasteiger partial charge in [-0.15, -0.1) is 0 Å². The Morgan fingerprint density at radius 1 is 1.47 bits per heavy atom. The number of nitrogens with zero attached hydrogens (tertiary/aromatic N) is 2. The summed E-state index contributed by atoms with van der Waals surface area (Å²) in [5.41, 5.74) is 8.63. The van der Waals surface area contributed by atoms with E-state index in [0.29, 0.717) is 11.3 Å². The van der Waals surface area contributed by atoms with Gasteiger partial charge in [0, 0.05) is 24.0 Å². The normalized spacial score (nSPS) is 10.4. The molecule has 0 atom stereocenters. The van der Waals surface area contributed by atoms with Crippen LogP contribution >= 0.6 is 0 Å². The third kappa shape index (κ3) is 3.13. The number of anilines is 1. The van der Waals surface area contributed by atoms with Gasteiger partial charge in [-0.05, 0) is 37.6 Å². The van der Waals surface area contributed by atoms with Crippen LogP contribution in [0.3, 0.4) is 0 Å². The molecule has 19 heavy (non-hydrogen) atoms. The Labute approximate surface area is 112 Å². The number of benzene rings is 1. The van der Waals surface area contributed by atoms with Crippen molar-refractivity contribution in [1.82, 2.24) is 9.78 Å². The predicted octanol–water partition coefficient (Wildman–Crippen LogP) is 2.15. The summed E-state index contributed by atoms with van der Waals surface area (Å²) in [5, 5.41) is 4.12. The van der Waals surface area contributed by atoms with Crippen molar-refractivity contribution in [3.8, 4) is 0 Å². The third-order valence-corrected chi connectivity index (χ3v) is 2.89. The Balaban J connectivity index is 1.99. The number of carbonyl (C=O) groups is 1. The Morgan fingerprint density at radius 2 is 2.26 bits per heavy atom. The van der Waals surface area contributed by atoms with Crippen LogP contribution in [0.25, 0.3) is 0 Å². The summed E-state index contributed by atoms with van der Waals surface area (Å²) in [5.74, 6) is -0.354. The highest BCUT2D eigenvalue weighted by Crippen LogP contribution is 2.14. The Hall–Kier alpha value is -2.30. The lowest BCUT2D eigenvalue weighted by Crippen LogP contribution is -2.06. The maximum atomic E-state index is 11.9. The quantitative estimate of drug-likeness (QED) is 0.674. The summed E-state index contributed by atoms with van der Waals surface area (Å²) < 4.78 is 7.02. The number of nitrogens with two attached hydrogens (primary N) is 1. The minimum atomic E-state index is -0.354. The van der Waals surface area contributed by atoms with E-state index in [-0.39, 0.29) is 12.6 Å². The third-order valence-electron chi connectivity index (χ3n) is 2.89. The molecule has 5 heteroatoms.